The van der Waals surface area contributed by atoms with Crippen molar-refractivity contribution in [1.82, 2.24) is 9.29 Å². The molecular formula is C18H19ClN4O5S. The molecule has 1 aliphatic rings. The fourth-order valence-electron chi connectivity index (χ4n) is 3.15. The monoisotopic (exact) mass is 438 g/mol. The Morgan fingerprint density at radius 1 is 1.34 bits per heavy atom. The van der Waals surface area contributed by atoms with Crippen molar-refractivity contribution in [3.05, 3.63) is 57.2 Å². The van der Waals surface area contributed by atoms with Crippen molar-refractivity contribution < 1.29 is 18.1 Å². The number of sulfonamides is 1. The molecule has 29 heavy (non-hydrogen) atoms. The Labute approximate surface area is 172 Å². The summed E-state index contributed by atoms with van der Waals surface area (Å²) in [6, 6.07) is 6.96. The third-order valence-corrected chi connectivity index (χ3v) is 6.83. The highest BCUT2D eigenvalue weighted by Gasteiger charge is 2.34. The van der Waals surface area contributed by atoms with Gasteiger partial charge in [-0.05, 0) is 38.0 Å². The molecule has 1 aliphatic heterocycles. The van der Waals surface area contributed by atoms with Gasteiger partial charge in [0.1, 0.15) is 5.82 Å². The number of aryl methyl sites for hydroxylation is 1. The predicted molar refractivity (Wildman–Crippen MR) is 107 cm³/mol. The minimum Gasteiger partial charge on any atom is -0.310 e. The average Bonchev–Trinajstić information content (AvgIpc) is 2.69. The van der Waals surface area contributed by atoms with Gasteiger partial charge in [0, 0.05) is 30.9 Å². The summed E-state index contributed by atoms with van der Waals surface area (Å²) >= 11 is 5.77. The van der Waals surface area contributed by atoms with Crippen molar-refractivity contribution in [2.45, 2.75) is 24.7 Å². The first kappa shape index (κ1) is 21.2. The first-order valence-corrected chi connectivity index (χ1v) is 10.7. The van der Waals surface area contributed by atoms with E-state index in [4.69, 9.17) is 11.6 Å². The SMILES string of the molecule is Cc1ccc(S(=O)(=O)N2CCCC(C(=O)Nc3ccc(Cl)cn3)C2)cc1[N+](=O)[O-]. The molecule has 1 fully saturated rings. The van der Waals surface area contributed by atoms with Crippen molar-refractivity contribution in [3.8, 4) is 0 Å². The molecule has 9 nitrogen and oxygen atoms in total. The highest BCUT2D eigenvalue weighted by Crippen LogP contribution is 2.28. The molecule has 0 saturated carbocycles. The van der Waals surface area contributed by atoms with Gasteiger partial charge in [-0.2, -0.15) is 4.31 Å². The van der Waals surface area contributed by atoms with Crippen LogP contribution in [0.15, 0.2) is 41.4 Å². The van der Waals surface area contributed by atoms with E-state index >= 15 is 0 Å². The second-order valence-corrected chi connectivity index (χ2v) is 9.13. The number of piperidine rings is 1. The van der Waals surface area contributed by atoms with Gasteiger partial charge in [-0.15, -0.1) is 0 Å². The minimum absolute atomic E-state index is 0.0105. The molecule has 0 spiro atoms. The normalized spacial score (nSPS) is 17.7. The molecule has 0 bridgehead atoms. The minimum atomic E-state index is -3.96. The highest BCUT2D eigenvalue weighted by atomic mass is 35.5. The number of carbonyl (C=O) groups excluding carboxylic acids is 1. The number of nitrogens with one attached hydrogen (secondary N) is 1. The molecule has 1 N–H and O–H groups in total. The second-order valence-electron chi connectivity index (χ2n) is 6.76. The predicted octanol–water partition coefficient (Wildman–Crippen LogP) is 2.99. The average molecular weight is 439 g/mol. The van der Waals surface area contributed by atoms with Crippen LogP contribution in [0.1, 0.15) is 18.4 Å². The van der Waals surface area contributed by atoms with Gasteiger partial charge in [0.15, 0.2) is 0 Å². The maximum absolute atomic E-state index is 13.0. The van der Waals surface area contributed by atoms with Gasteiger partial charge in [0.2, 0.25) is 15.9 Å². The van der Waals surface area contributed by atoms with Crippen LogP contribution >= 0.6 is 11.6 Å². The molecule has 11 heteroatoms. The number of hydrogen-bond acceptors (Lipinski definition) is 6. The lowest BCUT2D eigenvalue weighted by atomic mass is 9.99. The first-order valence-electron chi connectivity index (χ1n) is 8.86. The fourth-order valence-corrected chi connectivity index (χ4v) is 4.80. The number of benzene rings is 1. The van der Waals surface area contributed by atoms with Crippen LogP contribution in [0.2, 0.25) is 5.02 Å². The summed E-state index contributed by atoms with van der Waals surface area (Å²) in [5.74, 6) is -0.570. The van der Waals surface area contributed by atoms with Gasteiger partial charge in [-0.3, -0.25) is 14.9 Å². The molecule has 1 aromatic heterocycles. The summed E-state index contributed by atoms with van der Waals surface area (Å²) in [4.78, 5) is 26.9. The number of carbonyl (C=O) groups is 1. The fraction of sp³-hybridized carbons (Fsp3) is 0.333. The largest absolute Gasteiger partial charge is 0.310 e. The summed E-state index contributed by atoms with van der Waals surface area (Å²) in [7, 11) is -3.96. The van der Waals surface area contributed by atoms with Gasteiger partial charge < -0.3 is 5.32 Å². The summed E-state index contributed by atoms with van der Waals surface area (Å²) in [5.41, 5.74) is 0.117. The number of halogens is 1. The van der Waals surface area contributed by atoms with Crippen LogP contribution in [0.5, 0.6) is 0 Å². The summed E-state index contributed by atoms with van der Waals surface area (Å²) in [5, 5.41) is 14.2. The summed E-state index contributed by atoms with van der Waals surface area (Å²) in [6.45, 7) is 1.77. The maximum atomic E-state index is 13.0. The van der Waals surface area contributed by atoms with E-state index in [0.717, 1.165) is 6.07 Å². The van der Waals surface area contributed by atoms with E-state index in [0.29, 0.717) is 29.2 Å². The molecule has 0 radical (unpaired) electrons. The number of pyridine rings is 1. The van der Waals surface area contributed by atoms with E-state index in [1.807, 2.05) is 0 Å². The zero-order valence-corrected chi connectivity index (χ0v) is 17.1. The third kappa shape index (κ3) is 4.72. The first-order chi connectivity index (χ1) is 13.7. The molecule has 1 saturated heterocycles. The van der Waals surface area contributed by atoms with E-state index in [1.54, 1.807) is 19.1 Å². The Kier molecular flexibility index (Phi) is 6.15. The zero-order valence-electron chi connectivity index (χ0n) is 15.5. The number of anilines is 1. The molecule has 2 heterocycles. The Morgan fingerprint density at radius 3 is 2.76 bits per heavy atom. The number of amides is 1. The lowest BCUT2D eigenvalue weighted by Crippen LogP contribution is -2.43. The molecule has 2 aromatic rings. The van der Waals surface area contributed by atoms with Gasteiger partial charge in [-0.1, -0.05) is 17.7 Å². The van der Waals surface area contributed by atoms with E-state index < -0.39 is 20.9 Å². The third-order valence-electron chi connectivity index (χ3n) is 4.75. The van der Waals surface area contributed by atoms with Crippen LogP contribution in [-0.4, -0.2) is 41.6 Å². The van der Waals surface area contributed by atoms with Crippen LogP contribution in [0.25, 0.3) is 0 Å². The number of nitro groups is 1. The smallest absolute Gasteiger partial charge is 0.273 e. The number of aromatic nitrogens is 1. The van der Waals surface area contributed by atoms with Gasteiger partial charge >= 0.3 is 0 Å². The molecule has 3 rings (SSSR count). The Hall–Kier alpha value is -2.56. The topological polar surface area (TPSA) is 123 Å². The molecule has 1 unspecified atom stereocenters. The Morgan fingerprint density at radius 2 is 2.10 bits per heavy atom. The van der Waals surface area contributed by atoms with Gasteiger partial charge in [-0.25, -0.2) is 13.4 Å². The van der Waals surface area contributed by atoms with Gasteiger partial charge in [0.05, 0.1) is 20.8 Å². The number of nitro benzene ring substituents is 1. The van der Waals surface area contributed by atoms with Crippen LogP contribution in [0.3, 0.4) is 0 Å². The lowest BCUT2D eigenvalue weighted by Gasteiger charge is -2.31. The molecular weight excluding hydrogens is 420 g/mol. The number of rotatable bonds is 5. The molecule has 0 aliphatic carbocycles. The van der Waals surface area contributed by atoms with Crippen LogP contribution in [-0.2, 0) is 14.8 Å². The summed E-state index contributed by atoms with van der Waals surface area (Å²) in [6.07, 6.45) is 2.43. The Bertz CT molecular complexity index is 1040. The van der Waals surface area contributed by atoms with Gasteiger partial charge in [0.25, 0.3) is 5.69 Å². The molecule has 154 valence electrons. The quantitative estimate of drug-likeness (QED) is 0.565. The number of hydrogen-bond donors (Lipinski definition) is 1. The van der Waals surface area contributed by atoms with Crippen LogP contribution < -0.4 is 5.32 Å². The highest BCUT2D eigenvalue weighted by molar-refractivity contribution is 7.89. The van der Waals surface area contributed by atoms with Crippen molar-refractivity contribution in [2.24, 2.45) is 5.92 Å². The van der Waals surface area contributed by atoms with Crippen molar-refractivity contribution in [1.29, 1.82) is 0 Å². The van der Waals surface area contributed by atoms with Crippen molar-refractivity contribution >= 4 is 39.0 Å². The standard InChI is InChI=1S/C18H19ClN4O5S/c1-12-4-6-15(9-16(12)23(25)26)29(27,28)22-8-2-3-13(11-22)18(24)21-17-7-5-14(19)10-20-17/h4-7,9-10,13H,2-3,8,11H2,1H3,(H,20,21,24). The van der Waals surface area contributed by atoms with Crippen LogP contribution in [0, 0.1) is 23.0 Å². The van der Waals surface area contributed by atoms with E-state index in [1.165, 1.54) is 22.6 Å². The number of nitrogens with zero attached hydrogens (tertiary/aromatic N) is 3. The Balaban J connectivity index is 1.77. The van der Waals surface area contributed by atoms with E-state index in [-0.39, 0.29) is 29.6 Å². The van der Waals surface area contributed by atoms with E-state index in [2.05, 4.69) is 10.3 Å². The van der Waals surface area contributed by atoms with Crippen molar-refractivity contribution in [2.75, 3.05) is 18.4 Å². The van der Waals surface area contributed by atoms with Crippen LogP contribution in [0.4, 0.5) is 11.5 Å². The second kappa shape index (κ2) is 8.44. The zero-order chi connectivity index (χ0) is 21.2. The molecule has 1 atom stereocenters. The lowest BCUT2D eigenvalue weighted by molar-refractivity contribution is -0.385. The van der Waals surface area contributed by atoms with Crippen molar-refractivity contribution in [3.63, 3.8) is 0 Å². The van der Waals surface area contributed by atoms with E-state index in [9.17, 15) is 23.3 Å². The molecule has 1 aromatic carbocycles. The maximum Gasteiger partial charge on any atom is 0.273 e. The summed E-state index contributed by atoms with van der Waals surface area (Å²) < 4.78 is 27.2. The molecule has 1 amide bonds.